The Hall–Kier alpha value is -2.91. The summed E-state index contributed by atoms with van der Waals surface area (Å²) in [7, 11) is 1.46. The topological polar surface area (TPSA) is 89.0 Å². The number of hydrogen-bond donors (Lipinski definition) is 1. The van der Waals surface area contributed by atoms with E-state index in [1.54, 1.807) is 36.7 Å². The summed E-state index contributed by atoms with van der Waals surface area (Å²) in [5.74, 6) is -0.570. The summed E-state index contributed by atoms with van der Waals surface area (Å²) in [4.78, 5) is 29.5. The lowest BCUT2D eigenvalue weighted by molar-refractivity contribution is -0.139. The highest BCUT2D eigenvalue weighted by Gasteiger charge is 2.32. The van der Waals surface area contributed by atoms with Crippen molar-refractivity contribution in [3.05, 3.63) is 58.8 Å². The molecule has 1 aliphatic rings. The molecule has 0 bridgehead atoms. The van der Waals surface area contributed by atoms with Gasteiger partial charge in [0.1, 0.15) is 4.32 Å². The van der Waals surface area contributed by atoms with Gasteiger partial charge in [0, 0.05) is 12.4 Å². The first kappa shape index (κ1) is 19.8. The summed E-state index contributed by atoms with van der Waals surface area (Å²) in [5.41, 5.74) is 1.60. The lowest BCUT2D eigenvalue weighted by Gasteiger charge is -2.13. The zero-order chi connectivity index (χ0) is 20.1. The monoisotopic (exact) mass is 416 g/mol. The van der Waals surface area contributed by atoms with Gasteiger partial charge in [-0.1, -0.05) is 36.1 Å². The predicted molar refractivity (Wildman–Crippen MR) is 109 cm³/mol. The number of aliphatic carboxylic acids is 1. The second kappa shape index (κ2) is 8.85. The third-order valence-electron chi connectivity index (χ3n) is 3.77. The van der Waals surface area contributed by atoms with E-state index in [9.17, 15) is 9.59 Å². The molecule has 0 saturated carbocycles. The molecule has 0 aliphatic carbocycles. The third-order valence-corrected chi connectivity index (χ3v) is 5.15. The van der Waals surface area contributed by atoms with E-state index < -0.39 is 12.6 Å². The van der Waals surface area contributed by atoms with E-state index in [0.717, 1.165) is 5.56 Å². The van der Waals surface area contributed by atoms with Gasteiger partial charge in [-0.3, -0.25) is 14.7 Å². The molecule has 1 aliphatic heterocycles. The zero-order valence-corrected chi connectivity index (χ0v) is 16.5. The highest BCUT2D eigenvalue weighted by molar-refractivity contribution is 8.26. The van der Waals surface area contributed by atoms with Crippen molar-refractivity contribution < 1.29 is 24.2 Å². The SMILES string of the molecule is COc1cc(C=C2SC(=S)N(Cc3cccnc3)C2=O)ccc1OCC(=O)O. The summed E-state index contributed by atoms with van der Waals surface area (Å²) in [6.45, 7) is -0.107. The first-order valence-corrected chi connectivity index (χ1v) is 9.37. The van der Waals surface area contributed by atoms with Crippen molar-refractivity contribution in [2.75, 3.05) is 13.7 Å². The third kappa shape index (κ3) is 4.68. The maximum atomic E-state index is 12.7. The van der Waals surface area contributed by atoms with Crippen molar-refractivity contribution in [2.24, 2.45) is 0 Å². The van der Waals surface area contributed by atoms with Crippen molar-refractivity contribution in [1.82, 2.24) is 9.88 Å². The van der Waals surface area contributed by atoms with Gasteiger partial charge in [-0.2, -0.15) is 0 Å². The zero-order valence-electron chi connectivity index (χ0n) is 14.8. The van der Waals surface area contributed by atoms with E-state index in [2.05, 4.69) is 4.98 Å². The minimum atomic E-state index is -1.08. The molecule has 7 nitrogen and oxygen atoms in total. The molecule has 9 heteroatoms. The molecular weight excluding hydrogens is 400 g/mol. The first-order chi connectivity index (χ1) is 13.5. The molecule has 1 amide bonds. The molecule has 1 aromatic carbocycles. The van der Waals surface area contributed by atoms with Gasteiger partial charge in [-0.15, -0.1) is 0 Å². The van der Waals surface area contributed by atoms with Gasteiger partial charge in [0.25, 0.3) is 5.91 Å². The molecule has 144 valence electrons. The van der Waals surface area contributed by atoms with Crippen LogP contribution in [0.25, 0.3) is 6.08 Å². The molecular formula is C19H16N2O5S2. The number of ether oxygens (including phenoxy) is 2. The molecule has 1 saturated heterocycles. The summed E-state index contributed by atoms with van der Waals surface area (Å²) < 4.78 is 10.9. The number of methoxy groups -OCH3 is 1. The Bertz CT molecular complexity index is 947. The minimum absolute atomic E-state index is 0.177. The van der Waals surface area contributed by atoms with E-state index in [-0.39, 0.29) is 5.91 Å². The number of hydrogen-bond acceptors (Lipinski definition) is 7. The fourth-order valence-corrected chi connectivity index (χ4v) is 3.75. The predicted octanol–water partition coefficient (Wildman–Crippen LogP) is 2.96. The number of pyridine rings is 1. The van der Waals surface area contributed by atoms with Crippen molar-refractivity contribution in [3.63, 3.8) is 0 Å². The first-order valence-electron chi connectivity index (χ1n) is 8.15. The van der Waals surface area contributed by atoms with Crippen LogP contribution in [0.5, 0.6) is 11.5 Å². The Morgan fingerprint density at radius 3 is 2.86 bits per heavy atom. The maximum absolute atomic E-state index is 12.7. The summed E-state index contributed by atoms with van der Waals surface area (Å²) in [6, 6.07) is 8.68. The minimum Gasteiger partial charge on any atom is -0.493 e. The van der Waals surface area contributed by atoms with Crippen LogP contribution in [0.3, 0.4) is 0 Å². The number of amides is 1. The average molecular weight is 416 g/mol. The summed E-state index contributed by atoms with van der Waals surface area (Å²) in [6.07, 6.45) is 5.08. The number of rotatable bonds is 7. The largest absolute Gasteiger partial charge is 0.493 e. The van der Waals surface area contributed by atoms with E-state index >= 15 is 0 Å². The van der Waals surface area contributed by atoms with Gasteiger partial charge in [-0.25, -0.2) is 4.79 Å². The van der Waals surface area contributed by atoms with Crippen LogP contribution in [0.2, 0.25) is 0 Å². The van der Waals surface area contributed by atoms with Crippen molar-refractivity contribution in [3.8, 4) is 11.5 Å². The lowest BCUT2D eigenvalue weighted by atomic mass is 10.2. The van der Waals surface area contributed by atoms with E-state index in [1.807, 2.05) is 12.1 Å². The number of thiocarbonyl (C=S) groups is 1. The van der Waals surface area contributed by atoms with Gasteiger partial charge < -0.3 is 14.6 Å². The maximum Gasteiger partial charge on any atom is 0.341 e. The number of benzene rings is 1. The van der Waals surface area contributed by atoms with Crippen molar-refractivity contribution in [1.29, 1.82) is 0 Å². The molecule has 28 heavy (non-hydrogen) atoms. The Morgan fingerprint density at radius 1 is 1.36 bits per heavy atom. The molecule has 1 fully saturated rings. The highest BCUT2D eigenvalue weighted by Crippen LogP contribution is 2.35. The molecule has 0 spiro atoms. The molecule has 1 N–H and O–H groups in total. The van der Waals surface area contributed by atoms with Gasteiger partial charge in [0.2, 0.25) is 0 Å². The van der Waals surface area contributed by atoms with Crippen LogP contribution in [0.4, 0.5) is 0 Å². The van der Waals surface area contributed by atoms with Crippen LogP contribution in [0, 0.1) is 0 Å². The quantitative estimate of drug-likeness (QED) is 0.544. The molecule has 0 unspecified atom stereocenters. The second-order valence-electron chi connectivity index (χ2n) is 5.72. The van der Waals surface area contributed by atoms with Gasteiger partial charge >= 0.3 is 5.97 Å². The van der Waals surface area contributed by atoms with Crippen LogP contribution >= 0.6 is 24.0 Å². The molecule has 2 heterocycles. The van der Waals surface area contributed by atoms with Crippen LogP contribution in [-0.4, -0.2) is 44.9 Å². The van der Waals surface area contributed by atoms with Crippen LogP contribution in [-0.2, 0) is 16.1 Å². The van der Waals surface area contributed by atoms with Gasteiger partial charge in [0.05, 0.1) is 18.6 Å². The molecule has 3 rings (SSSR count). The summed E-state index contributed by atoms with van der Waals surface area (Å²) >= 11 is 6.57. The summed E-state index contributed by atoms with van der Waals surface area (Å²) in [5, 5.41) is 8.73. The van der Waals surface area contributed by atoms with E-state index in [0.29, 0.717) is 32.8 Å². The number of carboxylic acid groups (broad SMARTS) is 1. The number of carboxylic acids is 1. The second-order valence-corrected chi connectivity index (χ2v) is 7.40. The van der Waals surface area contributed by atoms with Gasteiger partial charge in [-0.05, 0) is 35.4 Å². The van der Waals surface area contributed by atoms with Crippen molar-refractivity contribution >= 4 is 46.3 Å². The van der Waals surface area contributed by atoms with Crippen LogP contribution < -0.4 is 9.47 Å². The normalized spacial score (nSPS) is 15.2. The number of carbonyl (C=O) groups excluding carboxylic acids is 1. The fourth-order valence-electron chi connectivity index (χ4n) is 2.49. The molecule has 1 aromatic heterocycles. The van der Waals surface area contributed by atoms with Crippen LogP contribution in [0.1, 0.15) is 11.1 Å². The number of carbonyl (C=O) groups is 2. The van der Waals surface area contributed by atoms with Crippen molar-refractivity contribution in [2.45, 2.75) is 6.54 Å². The van der Waals surface area contributed by atoms with Gasteiger partial charge in [0.15, 0.2) is 18.1 Å². The smallest absolute Gasteiger partial charge is 0.341 e. The Balaban J connectivity index is 1.78. The van der Waals surface area contributed by atoms with E-state index in [4.69, 9.17) is 26.8 Å². The molecule has 0 atom stereocenters. The highest BCUT2D eigenvalue weighted by atomic mass is 32.2. The standard InChI is InChI=1S/C19H16N2O5S2/c1-25-15-7-12(4-5-14(15)26-11-17(22)23)8-16-18(24)21(19(27)28-16)10-13-3-2-6-20-9-13/h2-9H,10-11H2,1H3,(H,22,23). The number of nitrogens with zero attached hydrogens (tertiary/aromatic N) is 2. The van der Waals surface area contributed by atoms with Crippen LogP contribution in [0.15, 0.2) is 47.6 Å². The Kier molecular flexibility index (Phi) is 6.27. The Morgan fingerprint density at radius 2 is 2.18 bits per heavy atom. The van der Waals surface area contributed by atoms with E-state index in [1.165, 1.54) is 23.8 Å². The molecule has 0 radical (unpaired) electrons. The fraction of sp³-hybridized carbons (Fsp3) is 0.158. The number of thioether (sulfide) groups is 1. The number of aromatic nitrogens is 1. The molecule has 2 aromatic rings. The lowest BCUT2D eigenvalue weighted by Crippen LogP contribution is -2.27. The average Bonchev–Trinajstić information content (AvgIpc) is 2.95. The Labute approximate surface area is 171 Å².